The topological polar surface area (TPSA) is 38.3 Å². The van der Waals surface area contributed by atoms with Gasteiger partial charge in [0.05, 0.1) is 17.7 Å². The maximum Gasteiger partial charge on any atom is 0.256 e. The van der Waals surface area contributed by atoms with Crippen molar-refractivity contribution < 1.29 is 9.53 Å². The Morgan fingerprint density at radius 1 is 1.32 bits per heavy atom. The van der Waals surface area contributed by atoms with Crippen molar-refractivity contribution in [1.82, 2.24) is 0 Å². The van der Waals surface area contributed by atoms with Crippen LogP contribution in [0.15, 0.2) is 24.3 Å². The highest BCUT2D eigenvalue weighted by molar-refractivity contribution is 7.12. The number of rotatable bonds is 3. The van der Waals surface area contributed by atoms with Crippen molar-refractivity contribution in [2.45, 2.75) is 13.8 Å². The minimum Gasteiger partial charge on any atom is -0.495 e. The van der Waals surface area contributed by atoms with Crippen molar-refractivity contribution in [2.75, 3.05) is 12.4 Å². The van der Waals surface area contributed by atoms with E-state index in [1.807, 2.05) is 19.9 Å². The number of hydrogen-bond acceptors (Lipinski definition) is 3. The first-order valence-electron chi connectivity index (χ1n) is 5.73. The van der Waals surface area contributed by atoms with Gasteiger partial charge in [0.1, 0.15) is 5.75 Å². The second-order valence-electron chi connectivity index (χ2n) is 4.13. The predicted octanol–water partition coefficient (Wildman–Crippen LogP) is 4.28. The van der Waals surface area contributed by atoms with E-state index < -0.39 is 0 Å². The van der Waals surface area contributed by atoms with E-state index in [1.54, 1.807) is 36.6 Å². The predicted molar refractivity (Wildman–Crippen MR) is 79.8 cm³/mol. The minimum absolute atomic E-state index is 0.122. The molecule has 0 aliphatic carbocycles. The molecule has 0 saturated heterocycles. The number of thiophene rings is 1. The average Bonchev–Trinajstić information content (AvgIpc) is 2.69. The Morgan fingerprint density at radius 2 is 2.05 bits per heavy atom. The normalized spacial score (nSPS) is 10.3. The molecule has 0 bridgehead atoms. The smallest absolute Gasteiger partial charge is 0.256 e. The number of halogens is 1. The van der Waals surface area contributed by atoms with E-state index in [2.05, 4.69) is 5.32 Å². The van der Waals surface area contributed by atoms with Crippen LogP contribution in [0.1, 0.15) is 20.1 Å². The van der Waals surface area contributed by atoms with Gasteiger partial charge in [-0.25, -0.2) is 0 Å². The molecule has 0 saturated carbocycles. The highest BCUT2D eigenvalue weighted by atomic mass is 35.5. The average molecular weight is 296 g/mol. The van der Waals surface area contributed by atoms with Crippen molar-refractivity contribution in [3.63, 3.8) is 0 Å². The maximum absolute atomic E-state index is 12.1. The molecule has 1 aromatic heterocycles. The van der Waals surface area contributed by atoms with Crippen LogP contribution in [0.2, 0.25) is 5.02 Å². The summed E-state index contributed by atoms with van der Waals surface area (Å²) in [6.07, 6.45) is 0. The quantitative estimate of drug-likeness (QED) is 0.918. The monoisotopic (exact) mass is 295 g/mol. The maximum atomic E-state index is 12.1. The summed E-state index contributed by atoms with van der Waals surface area (Å²) in [7, 11) is 1.55. The van der Waals surface area contributed by atoms with Gasteiger partial charge in [0, 0.05) is 15.4 Å². The van der Waals surface area contributed by atoms with Crippen LogP contribution in [-0.2, 0) is 0 Å². The Kier molecular flexibility index (Phi) is 4.12. The van der Waals surface area contributed by atoms with Crippen LogP contribution in [0.5, 0.6) is 5.75 Å². The highest BCUT2D eigenvalue weighted by Gasteiger charge is 2.12. The number of carbonyl (C=O) groups is 1. The lowest BCUT2D eigenvalue weighted by Crippen LogP contribution is -2.11. The molecule has 2 aromatic rings. The number of nitrogens with one attached hydrogen (secondary N) is 1. The van der Waals surface area contributed by atoms with Gasteiger partial charge in [0.2, 0.25) is 0 Å². The summed E-state index contributed by atoms with van der Waals surface area (Å²) in [5.74, 6) is 0.463. The van der Waals surface area contributed by atoms with E-state index in [4.69, 9.17) is 16.3 Å². The summed E-state index contributed by atoms with van der Waals surface area (Å²) >= 11 is 7.63. The molecule has 19 heavy (non-hydrogen) atoms. The fraction of sp³-hybridized carbons (Fsp3) is 0.214. The van der Waals surface area contributed by atoms with Gasteiger partial charge in [-0.15, -0.1) is 11.3 Å². The molecule has 1 heterocycles. The first kappa shape index (κ1) is 13.9. The molecular formula is C14H14ClNO2S. The Labute approximate surface area is 121 Å². The molecule has 1 aromatic carbocycles. The summed E-state index contributed by atoms with van der Waals surface area (Å²) in [5.41, 5.74) is 1.36. The van der Waals surface area contributed by atoms with Crippen LogP contribution in [0.3, 0.4) is 0 Å². The summed E-state index contributed by atoms with van der Waals surface area (Å²) < 4.78 is 5.07. The highest BCUT2D eigenvalue weighted by Crippen LogP contribution is 2.28. The fourth-order valence-corrected chi connectivity index (χ4v) is 2.98. The van der Waals surface area contributed by atoms with Gasteiger partial charge in [-0.3, -0.25) is 4.79 Å². The number of carbonyl (C=O) groups excluding carboxylic acids is 1. The Hall–Kier alpha value is -1.52. The van der Waals surface area contributed by atoms with Crippen LogP contribution < -0.4 is 10.1 Å². The molecule has 5 heteroatoms. The number of benzene rings is 1. The van der Waals surface area contributed by atoms with E-state index in [9.17, 15) is 4.79 Å². The zero-order chi connectivity index (χ0) is 14.0. The van der Waals surface area contributed by atoms with Crippen LogP contribution in [0.25, 0.3) is 0 Å². The van der Waals surface area contributed by atoms with Gasteiger partial charge >= 0.3 is 0 Å². The van der Waals surface area contributed by atoms with Crippen molar-refractivity contribution in [3.8, 4) is 5.75 Å². The Bertz CT molecular complexity index is 622. The van der Waals surface area contributed by atoms with Gasteiger partial charge in [-0.2, -0.15) is 0 Å². The van der Waals surface area contributed by atoms with E-state index in [1.165, 1.54) is 0 Å². The summed E-state index contributed by atoms with van der Waals surface area (Å²) in [6.45, 7) is 3.92. The summed E-state index contributed by atoms with van der Waals surface area (Å²) in [4.78, 5) is 14.3. The second kappa shape index (κ2) is 5.63. The number of methoxy groups -OCH3 is 1. The van der Waals surface area contributed by atoms with Gasteiger partial charge in [0.15, 0.2) is 0 Å². The molecule has 2 rings (SSSR count). The molecule has 0 aliphatic rings. The van der Waals surface area contributed by atoms with Gasteiger partial charge in [0.25, 0.3) is 5.91 Å². The molecule has 0 fully saturated rings. The Balaban J connectivity index is 2.19. The molecule has 1 N–H and O–H groups in total. The standard InChI is InChI=1S/C14H14ClNO2S/c1-8-6-11(9(2)19-8)14(17)16-10-4-5-13(18-3)12(15)7-10/h4-7H,1-3H3,(H,16,17). The van der Waals surface area contributed by atoms with E-state index >= 15 is 0 Å². The Morgan fingerprint density at radius 3 is 2.58 bits per heavy atom. The van der Waals surface area contributed by atoms with Crippen molar-refractivity contribution in [3.05, 3.63) is 44.6 Å². The zero-order valence-electron chi connectivity index (χ0n) is 10.9. The van der Waals surface area contributed by atoms with Crippen LogP contribution in [0.4, 0.5) is 5.69 Å². The minimum atomic E-state index is -0.122. The van der Waals surface area contributed by atoms with Crippen molar-refractivity contribution in [2.24, 2.45) is 0 Å². The molecule has 0 radical (unpaired) electrons. The van der Waals surface area contributed by atoms with Crippen molar-refractivity contribution in [1.29, 1.82) is 0 Å². The molecule has 1 amide bonds. The first-order valence-corrected chi connectivity index (χ1v) is 6.92. The number of amides is 1. The molecule has 100 valence electrons. The van der Waals surface area contributed by atoms with Gasteiger partial charge in [-0.05, 0) is 38.1 Å². The number of hydrogen-bond donors (Lipinski definition) is 1. The molecule has 0 unspecified atom stereocenters. The third-order valence-corrected chi connectivity index (χ3v) is 3.96. The van der Waals surface area contributed by atoms with Gasteiger partial charge < -0.3 is 10.1 Å². The third-order valence-electron chi connectivity index (χ3n) is 2.70. The molecule has 3 nitrogen and oxygen atoms in total. The zero-order valence-corrected chi connectivity index (χ0v) is 12.5. The molecular weight excluding hydrogens is 282 g/mol. The van der Waals surface area contributed by atoms with Crippen molar-refractivity contribution >= 4 is 34.5 Å². The third kappa shape index (κ3) is 3.08. The number of ether oxygens (including phenoxy) is 1. The lowest BCUT2D eigenvalue weighted by molar-refractivity contribution is 0.102. The van der Waals surface area contributed by atoms with E-state index in [0.29, 0.717) is 22.0 Å². The van der Waals surface area contributed by atoms with Crippen LogP contribution in [-0.4, -0.2) is 13.0 Å². The van der Waals surface area contributed by atoms with Gasteiger partial charge in [-0.1, -0.05) is 11.6 Å². The van der Waals surface area contributed by atoms with E-state index in [-0.39, 0.29) is 5.91 Å². The second-order valence-corrected chi connectivity index (χ2v) is 6.00. The largest absolute Gasteiger partial charge is 0.495 e. The first-order chi connectivity index (χ1) is 9.01. The van der Waals surface area contributed by atoms with Crippen LogP contribution >= 0.6 is 22.9 Å². The number of aryl methyl sites for hydroxylation is 2. The van der Waals surface area contributed by atoms with Crippen LogP contribution in [0, 0.1) is 13.8 Å². The summed E-state index contributed by atoms with van der Waals surface area (Å²) in [6, 6.07) is 7.05. The lowest BCUT2D eigenvalue weighted by atomic mass is 10.2. The molecule has 0 spiro atoms. The molecule has 0 atom stereocenters. The number of anilines is 1. The SMILES string of the molecule is COc1ccc(NC(=O)c2cc(C)sc2C)cc1Cl. The lowest BCUT2D eigenvalue weighted by Gasteiger charge is -2.07. The fourth-order valence-electron chi connectivity index (χ4n) is 1.80. The molecule has 0 aliphatic heterocycles. The van der Waals surface area contributed by atoms with E-state index in [0.717, 1.165) is 9.75 Å². The summed E-state index contributed by atoms with van der Waals surface area (Å²) in [5, 5.41) is 3.30.